The van der Waals surface area contributed by atoms with Crippen LogP contribution in [0.1, 0.15) is 44.3 Å². The number of hydrogen-bond donors (Lipinski definition) is 2. The number of nitrogens with one attached hydrogen (secondary N) is 1. The number of halogens is 1. The first-order chi connectivity index (χ1) is 9.16. The monoisotopic (exact) mass is 300 g/mol. The van der Waals surface area contributed by atoms with Crippen LogP contribution in [0, 0.1) is 5.92 Å². The number of carbonyl (C=O) groups is 1. The van der Waals surface area contributed by atoms with Crippen LogP contribution in [-0.4, -0.2) is 21.5 Å². The van der Waals surface area contributed by atoms with E-state index in [1.54, 1.807) is 6.20 Å². The first kappa shape index (κ1) is 17.0. The lowest BCUT2D eigenvalue weighted by molar-refractivity contribution is -0.123. The van der Waals surface area contributed by atoms with Crippen LogP contribution < -0.4 is 11.1 Å². The van der Waals surface area contributed by atoms with Crippen molar-refractivity contribution in [3.8, 4) is 0 Å². The standard InChI is InChI=1S/C14H24N4O.ClH/c1-18-8-7-16-13(18)10-17-14(19)12(15)9-11-5-3-2-4-6-11;/h7-8,11-12H,2-6,9-10,15H2,1H3,(H,17,19);1H. The Balaban J connectivity index is 0.00000200. The Morgan fingerprint density at radius 3 is 2.80 bits per heavy atom. The summed E-state index contributed by atoms with van der Waals surface area (Å²) in [6.07, 6.45) is 10.7. The Morgan fingerprint density at radius 2 is 2.20 bits per heavy atom. The van der Waals surface area contributed by atoms with Crippen molar-refractivity contribution in [3.05, 3.63) is 18.2 Å². The molecule has 0 spiro atoms. The van der Waals surface area contributed by atoms with Crippen molar-refractivity contribution in [2.24, 2.45) is 18.7 Å². The van der Waals surface area contributed by atoms with E-state index in [1.165, 1.54) is 32.1 Å². The van der Waals surface area contributed by atoms with Crippen LogP contribution in [0.5, 0.6) is 0 Å². The molecule has 0 aromatic carbocycles. The summed E-state index contributed by atoms with van der Waals surface area (Å²) in [6, 6.07) is -0.386. The largest absolute Gasteiger partial charge is 0.348 e. The van der Waals surface area contributed by atoms with Crippen molar-refractivity contribution in [1.29, 1.82) is 0 Å². The van der Waals surface area contributed by atoms with Crippen molar-refractivity contribution >= 4 is 18.3 Å². The van der Waals surface area contributed by atoms with Gasteiger partial charge in [0.2, 0.25) is 5.91 Å². The number of aryl methyl sites for hydroxylation is 1. The summed E-state index contributed by atoms with van der Waals surface area (Å²) in [4.78, 5) is 16.1. The van der Waals surface area contributed by atoms with Gasteiger partial charge in [-0.2, -0.15) is 0 Å². The summed E-state index contributed by atoms with van der Waals surface area (Å²) in [7, 11) is 1.91. The molecule has 1 amide bonds. The maximum absolute atomic E-state index is 12.0. The number of carbonyl (C=O) groups excluding carboxylic acids is 1. The van der Waals surface area contributed by atoms with Gasteiger partial charge in [-0.05, 0) is 12.3 Å². The molecule has 0 saturated heterocycles. The second kappa shape index (κ2) is 8.27. The predicted octanol–water partition coefficient (Wildman–Crippen LogP) is 1.76. The van der Waals surface area contributed by atoms with Gasteiger partial charge in [0.25, 0.3) is 0 Å². The average Bonchev–Trinajstić information content (AvgIpc) is 2.82. The summed E-state index contributed by atoms with van der Waals surface area (Å²) in [5.74, 6) is 1.41. The molecule has 2 rings (SSSR count). The number of nitrogens with two attached hydrogens (primary N) is 1. The molecule has 0 radical (unpaired) electrons. The zero-order valence-electron chi connectivity index (χ0n) is 12.0. The van der Waals surface area contributed by atoms with Gasteiger partial charge in [-0.15, -0.1) is 12.4 Å². The van der Waals surface area contributed by atoms with Gasteiger partial charge in [0.05, 0.1) is 12.6 Å². The second-order valence-corrected chi connectivity index (χ2v) is 5.52. The van der Waals surface area contributed by atoms with E-state index in [0.717, 1.165) is 12.2 Å². The van der Waals surface area contributed by atoms with E-state index in [4.69, 9.17) is 5.73 Å². The Kier molecular flexibility index (Phi) is 7.02. The summed E-state index contributed by atoms with van der Waals surface area (Å²) in [5, 5.41) is 2.87. The van der Waals surface area contributed by atoms with Gasteiger partial charge in [-0.1, -0.05) is 32.1 Å². The molecule has 20 heavy (non-hydrogen) atoms. The van der Waals surface area contributed by atoms with Crippen LogP contribution in [0.4, 0.5) is 0 Å². The third-order valence-corrected chi connectivity index (χ3v) is 3.99. The van der Waals surface area contributed by atoms with Gasteiger partial charge >= 0.3 is 0 Å². The number of rotatable bonds is 5. The van der Waals surface area contributed by atoms with E-state index in [9.17, 15) is 4.79 Å². The summed E-state index contributed by atoms with van der Waals surface area (Å²) >= 11 is 0. The number of aromatic nitrogens is 2. The van der Waals surface area contributed by atoms with Crippen LogP contribution in [0.25, 0.3) is 0 Å². The number of nitrogens with zero attached hydrogens (tertiary/aromatic N) is 2. The maximum atomic E-state index is 12.0. The Bertz CT molecular complexity index is 415. The average molecular weight is 301 g/mol. The lowest BCUT2D eigenvalue weighted by atomic mass is 9.85. The van der Waals surface area contributed by atoms with E-state index in [1.807, 2.05) is 17.8 Å². The van der Waals surface area contributed by atoms with Crippen LogP contribution in [0.3, 0.4) is 0 Å². The normalized spacial score (nSPS) is 17.3. The minimum atomic E-state index is -0.386. The summed E-state index contributed by atoms with van der Waals surface area (Å²) in [6.45, 7) is 0.445. The van der Waals surface area contributed by atoms with Crippen LogP contribution in [-0.2, 0) is 18.4 Å². The first-order valence-corrected chi connectivity index (χ1v) is 7.16. The van der Waals surface area contributed by atoms with Gasteiger partial charge < -0.3 is 15.6 Å². The molecule has 0 aliphatic heterocycles. The molecule has 1 saturated carbocycles. The highest BCUT2D eigenvalue weighted by atomic mass is 35.5. The third-order valence-electron chi connectivity index (χ3n) is 3.99. The third kappa shape index (κ3) is 4.80. The Hall–Kier alpha value is -1.07. The van der Waals surface area contributed by atoms with Gasteiger partial charge in [-0.25, -0.2) is 4.98 Å². The molecule has 5 nitrogen and oxygen atoms in total. The molecule has 3 N–H and O–H groups in total. The Labute approximate surface area is 126 Å². The second-order valence-electron chi connectivity index (χ2n) is 5.52. The lowest BCUT2D eigenvalue weighted by Crippen LogP contribution is -2.42. The predicted molar refractivity (Wildman–Crippen MR) is 81.5 cm³/mol. The lowest BCUT2D eigenvalue weighted by Gasteiger charge is -2.24. The molecule has 1 fully saturated rings. The number of imidazole rings is 1. The fourth-order valence-electron chi connectivity index (χ4n) is 2.75. The molecule has 0 bridgehead atoms. The molecule has 1 aromatic rings. The van der Waals surface area contributed by atoms with Gasteiger partial charge in [0.1, 0.15) is 5.82 Å². The quantitative estimate of drug-likeness (QED) is 0.870. The molecule has 114 valence electrons. The smallest absolute Gasteiger partial charge is 0.237 e. The van der Waals surface area contributed by atoms with E-state index in [2.05, 4.69) is 10.3 Å². The zero-order valence-corrected chi connectivity index (χ0v) is 12.9. The first-order valence-electron chi connectivity index (χ1n) is 7.16. The highest BCUT2D eigenvalue weighted by molar-refractivity contribution is 5.85. The fourth-order valence-corrected chi connectivity index (χ4v) is 2.75. The van der Waals surface area contributed by atoms with Crippen molar-refractivity contribution in [2.45, 2.75) is 51.1 Å². The molecule has 1 heterocycles. The van der Waals surface area contributed by atoms with Crippen molar-refractivity contribution in [1.82, 2.24) is 14.9 Å². The summed E-state index contributed by atoms with van der Waals surface area (Å²) in [5.41, 5.74) is 5.99. The zero-order chi connectivity index (χ0) is 13.7. The van der Waals surface area contributed by atoms with Gasteiger partial charge in [0.15, 0.2) is 0 Å². The maximum Gasteiger partial charge on any atom is 0.237 e. The minimum absolute atomic E-state index is 0. The van der Waals surface area contributed by atoms with Crippen molar-refractivity contribution in [3.63, 3.8) is 0 Å². The Morgan fingerprint density at radius 1 is 1.50 bits per heavy atom. The molecule has 1 aromatic heterocycles. The van der Waals surface area contributed by atoms with Crippen LogP contribution in [0.2, 0.25) is 0 Å². The van der Waals surface area contributed by atoms with Crippen LogP contribution >= 0.6 is 12.4 Å². The molecule has 1 atom stereocenters. The van der Waals surface area contributed by atoms with E-state index in [0.29, 0.717) is 12.5 Å². The molecular weight excluding hydrogens is 276 g/mol. The van der Waals surface area contributed by atoms with Crippen molar-refractivity contribution in [2.75, 3.05) is 0 Å². The molecular formula is C14H25ClN4O. The van der Waals surface area contributed by atoms with Crippen LogP contribution in [0.15, 0.2) is 12.4 Å². The fraction of sp³-hybridized carbons (Fsp3) is 0.714. The van der Waals surface area contributed by atoms with E-state index < -0.39 is 0 Å². The van der Waals surface area contributed by atoms with Gasteiger partial charge in [-0.3, -0.25) is 4.79 Å². The highest BCUT2D eigenvalue weighted by Crippen LogP contribution is 2.26. The SMILES string of the molecule is Cl.Cn1ccnc1CNC(=O)C(N)CC1CCCCC1. The minimum Gasteiger partial charge on any atom is -0.348 e. The van der Waals surface area contributed by atoms with Crippen molar-refractivity contribution < 1.29 is 4.79 Å². The highest BCUT2D eigenvalue weighted by Gasteiger charge is 2.21. The number of hydrogen-bond acceptors (Lipinski definition) is 3. The molecule has 1 unspecified atom stereocenters. The number of amides is 1. The van der Waals surface area contributed by atoms with Gasteiger partial charge in [0, 0.05) is 19.4 Å². The molecule has 1 aliphatic carbocycles. The molecule has 1 aliphatic rings. The van der Waals surface area contributed by atoms with E-state index in [-0.39, 0.29) is 24.4 Å². The summed E-state index contributed by atoms with van der Waals surface area (Å²) < 4.78 is 1.90. The van der Waals surface area contributed by atoms with E-state index >= 15 is 0 Å². The molecule has 6 heteroatoms. The topological polar surface area (TPSA) is 72.9 Å².